The van der Waals surface area contributed by atoms with Crippen LogP contribution in [0.2, 0.25) is 0 Å². The summed E-state index contributed by atoms with van der Waals surface area (Å²) in [6.07, 6.45) is 2.39. The topological polar surface area (TPSA) is 70.1 Å². The van der Waals surface area contributed by atoms with Crippen LogP contribution in [0.5, 0.6) is 0 Å². The van der Waals surface area contributed by atoms with Crippen LogP contribution < -0.4 is 5.73 Å². The van der Waals surface area contributed by atoms with Gasteiger partial charge in [-0.25, -0.2) is 4.79 Å². The number of esters is 1. The third-order valence-corrected chi connectivity index (χ3v) is 2.96. The molecule has 0 radical (unpaired) electrons. The first kappa shape index (κ1) is 11.4. The minimum absolute atomic E-state index is 0.364. The summed E-state index contributed by atoms with van der Waals surface area (Å²) in [4.78, 5) is 11.7. The predicted molar refractivity (Wildman–Crippen MR) is 65.8 cm³/mol. The fourth-order valence-electron chi connectivity index (χ4n) is 2.03. The lowest BCUT2D eigenvalue weighted by Crippen LogP contribution is -2.08. The molecule has 5 nitrogen and oxygen atoms in total. The lowest BCUT2D eigenvalue weighted by atomic mass is 10.00. The van der Waals surface area contributed by atoms with Gasteiger partial charge in [0.1, 0.15) is 0 Å². The van der Waals surface area contributed by atoms with Gasteiger partial charge in [-0.1, -0.05) is 6.92 Å². The maximum Gasteiger partial charge on any atom is 0.338 e. The number of nitrogens with zero attached hydrogens (tertiary/aromatic N) is 2. The zero-order valence-corrected chi connectivity index (χ0v) is 10.2. The fourth-order valence-corrected chi connectivity index (χ4v) is 2.03. The minimum atomic E-state index is -0.364. The van der Waals surface area contributed by atoms with Crippen LogP contribution in [0.3, 0.4) is 0 Å². The molecule has 90 valence electrons. The number of ether oxygens (including phenoxy) is 1. The van der Waals surface area contributed by atoms with Crippen molar-refractivity contribution in [3.05, 3.63) is 23.4 Å². The number of carbonyl (C=O) groups excluding carboxylic acids is 1. The summed E-state index contributed by atoms with van der Waals surface area (Å²) in [5, 5.41) is 5.02. The third kappa shape index (κ3) is 1.63. The van der Waals surface area contributed by atoms with Crippen LogP contribution in [0.25, 0.3) is 10.9 Å². The molecule has 2 rings (SSSR count). The van der Waals surface area contributed by atoms with Crippen molar-refractivity contribution in [2.24, 2.45) is 7.05 Å². The van der Waals surface area contributed by atoms with E-state index in [2.05, 4.69) is 5.10 Å². The quantitative estimate of drug-likeness (QED) is 0.630. The second-order valence-corrected chi connectivity index (χ2v) is 3.86. The van der Waals surface area contributed by atoms with Gasteiger partial charge in [-0.05, 0) is 18.1 Å². The van der Waals surface area contributed by atoms with E-state index in [1.54, 1.807) is 16.9 Å². The number of benzene rings is 1. The summed E-state index contributed by atoms with van der Waals surface area (Å²) in [6.45, 7) is 1.96. The highest BCUT2D eigenvalue weighted by Crippen LogP contribution is 2.28. The van der Waals surface area contributed by atoms with Crippen molar-refractivity contribution >= 4 is 22.6 Å². The Morgan fingerprint density at radius 1 is 1.59 bits per heavy atom. The van der Waals surface area contributed by atoms with Gasteiger partial charge in [0.2, 0.25) is 0 Å². The van der Waals surface area contributed by atoms with Gasteiger partial charge >= 0.3 is 5.97 Å². The molecule has 1 heterocycles. The van der Waals surface area contributed by atoms with Crippen molar-refractivity contribution in [3.63, 3.8) is 0 Å². The summed E-state index contributed by atoms with van der Waals surface area (Å²) < 4.78 is 6.47. The Hall–Kier alpha value is -2.04. The molecule has 0 saturated heterocycles. The largest absolute Gasteiger partial charge is 0.465 e. The molecule has 17 heavy (non-hydrogen) atoms. The summed E-state index contributed by atoms with van der Waals surface area (Å²) in [7, 11) is 3.18. The second-order valence-electron chi connectivity index (χ2n) is 3.86. The number of hydrogen-bond acceptors (Lipinski definition) is 4. The van der Waals surface area contributed by atoms with Crippen LogP contribution in [-0.2, 0) is 18.2 Å². The number of aryl methyl sites for hydroxylation is 1. The first-order valence-electron chi connectivity index (χ1n) is 5.41. The molecular weight excluding hydrogens is 218 g/mol. The Morgan fingerprint density at radius 2 is 2.29 bits per heavy atom. The molecule has 0 unspecified atom stereocenters. The van der Waals surface area contributed by atoms with Gasteiger partial charge in [-0.2, -0.15) is 5.10 Å². The first-order valence-corrected chi connectivity index (χ1v) is 5.41. The van der Waals surface area contributed by atoms with Crippen LogP contribution in [-0.4, -0.2) is 22.9 Å². The summed E-state index contributed by atoms with van der Waals surface area (Å²) in [6, 6.07) is 1.78. The van der Waals surface area contributed by atoms with E-state index in [9.17, 15) is 4.79 Å². The number of nitrogens with two attached hydrogens (primary N) is 1. The molecule has 0 aliphatic carbocycles. The molecule has 0 aliphatic rings. The number of methoxy groups -OCH3 is 1. The highest BCUT2D eigenvalue weighted by atomic mass is 16.5. The zero-order valence-electron chi connectivity index (χ0n) is 10.2. The van der Waals surface area contributed by atoms with Crippen molar-refractivity contribution in [3.8, 4) is 0 Å². The number of aromatic nitrogens is 2. The van der Waals surface area contributed by atoms with Gasteiger partial charge < -0.3 is 10.5 Å². The number of carbonyl (C=O) groups is 1. The molecule has 0 aliphatic heterocycles. The molecule has 2 N–H and O–H groups in total. The highest BCUT2D eigenvalue weighted by Gasteiger charge is 2.17. The molecule has 0 saturated carbocycles. The van der Waals surface area contributed by atoms with Crippen LogP contribution in [0, 0.1) is 0 Å². The van der Waals surface area contributed by atoms with Gasteiger partial charge in [-0.3, -0.25) is 4.68 Å². The maximum atomic E-state index is 11.7. The van der Waals surface area contributed by atoms with E-state index >= 15 is 0 Å². The fraction of sp³-hybridized carbons (Fsp3) is 0.333. The number of nitrogen functional groups attached to an aromatic ring is 1. The smallest absolute Gasteiger partial charge is 0.338 e. The number of hydrogen-bond donors (Lipinski definition) is 1. The Bertz CT molecular complexity index is 587. The third-order valence-electron chi connectivity index (χ3n) is 2.96. The lowest BCUT2D eigenvalue weighted by Gasteiger charge is -2.10. The van der Waals surface area contributed by atoms with Gasteiger partial charge in [0, 0.05) is 18.1 Å². The monoisotopic (exact) mass is 233 g/mol. The van der Waals surface area contributed by atoms with Crippen LogP contribution >= 0.6 is 0 Å². The standard InChI is InChI=1S/C12H15N3O2/c1-4-7-8(12(16)17-3)5-10-9(11(7)13)6-14-15(10)2/h5-6H,4,13H2,1-3H3. The number of fused-ring (bicyclic) bond motifs is 1. The van der Waals surface area contributed by atoms with Gasteiger partial charge in [0.15, 0.2) is 0 Å². The highest BCUT2D eigenvalue weighted by molar-refractivity contribution is 6.02. The van der Waals surface area contributed by atoms with Crippen LogP contribution in [0.1, 0.15) is 22.8 Å². The summed E-state index contributed by atoms with van der Waals surface area (Å²) >= 11 is 0. The van der Waals surface area contributed by atoms with Crippen molar-refractivity contribution in [2.75, 3.05) is 12.8 Å². The van der Waals surface area contributed by atoms with Gasteiger partial charge in [0.05, 0.1) is 24.4 Å². The van der Waals surface area contributed by atoms with E-state index in [4.69, 9.17) is 10.5 Å². The number of anilines is 1. The molecule has 0 fully saturated rings. The molecule has 1 aromatic heterocycles. The minimum Gasteiger partial charge on any atom is -0.465 e. The van der Waals surface area contributed by atoms with Gasteiger partial charge in [-0.15, -0.1) is 0 Å². The number of rotatable bonds is 2. The Balaban J connectivity index is 2.81. The zero-order chi connectivity index (χ0) is 12.6. The normalized spacial score (nSPS) is 10.8. The molecule has 0 atom stereocenters. The lowest BCUT2D eigenvalue weighted by molar-refractivity contribution is 0.0600. The van der Waals surface area contributed by atoms with E-state index in [1.807, 2.05) is 14.0 Å². The molecule has 1 aromatic carbocycles. The predicted octanol–water partition coefficient (Wildman–Crippen LogP) is 1.50. The Labute approximate surface area is 99.2 Å². The molecule has 2 aromatic rings. The summed E-state index contributed by atoms with van der Waals surface area (Å²) in [5.41, 5.74) is 8.85. The van der Waals surface area contributed by atoms with E-state index in [-0.39, 0.29) is 5.97 Å². The Kier molecular flexibility index (Phi) is 2.75. The summed E-state index contributed by atoms with van der Waals surface area (Å²) in [5.74, 6) is -0.364. The first-order chi connectivity index (χ1) is 8.10. The molecule has 0 amide bonds. The van der Waals surface area contributed by atoms with Crippen molar-refractivity contribution in [1.29, 1.82) is 0 Å². The molecule has 0 bridgehead atoms. The molecule has 0 spiro atoms. The van der Waals surface area contributed by atoms with E-state index < -0.39 is 0 Å². The van der Waals surface area contributed by atoms with Crippen molar-refractivity contribution < 1.29 is 9.53 Å². The second kappa shape index (κ2) is 4.08. The van der Waals surface area contributed by atoms with Crippen molar-refractivity contribution in [2.45, 2.75) is 13.3 Å². The maximum absolute atomic E-state index is 11.7. The molecule has 5 heteroatoms. The SMILES string of the molecule is CCc1c(C(=O)OC)cc2c(cnn2C)c1N. The Morgan fingerprint density at radius 3 is 2.88 bits per heavy atom. The molecular formula is C12H15N3O2. The average molecular weight is 233 g/mol. The van der Waals surface area contributed by atoms with Crippen LogP contribution in [0.15, 0.2) is 12.3 Å². The van der Waals surface area contributed by atoms with E-state index in [0.717, 1.165) is 16.5 Å². The average Bonchev–Trinajstić information content (AvgIpc) is 2.70. The van der Waals surface area contributed by atoms with Crippen LogP contribution in [0.4, 0.5) is 5.69 Å². The van der Waals surface area contributed by atoms with E-state index in [0.29, 0.717) is 17.7 Å². The van der Waals surface area contributed by atoms with Crippen molar-refractivity contribution in [1.82, 2.24) is 9.78 Å². The van der Waals surface area contributed by atoms with E-state index in [1.165, 1.54) is 7.11 Å². The van der Waals surface area contributed by atoms with Gasteiger partial charge in [0.25, 0.3) is 0 Å².